The van der Waals surface area contributed by atoms with E-state index in [1.807, 2.05) is 24.3 Å². The summed E-state index contributed by atoms with van der Waals surface area (Å²) in [5, 5.41) is 0.856. The minimum atomic E-state index is -3.41. The maximum Gasteiger partial charge on any atom is 0.250 e. The zero-order chi connectivity index (χ0) is 19.6. The number of piperidine rings is 1. The third-order valence-corrected chi connectivity index (χ3v) is 5.41. The van der Waals surface area contributed by atoms with E-state index in [0.717, 1.165) is 17.2 Å². The van der Waals surface area contributed by atoms with Crippen LogP contribution in [-0.4, -0.2) is 56.0 Å². The number of nitrogens with zero attached hydrogens (tertiary/aromatic N) is 2. The van der Waals surface area contributed by atoms with Crippen molar-refractivity contribution in [1.29, 1.82) is 0 Å². The quantitative estimate of drug-likeness (QED) is 0.774. The number of sulfonamides is 1. The average Bonchev–Trinajstić information content (AvgIpc) is 2.64. The van der Waals surface area contributed by atoms with Gasteiger partial charge in [0.25, 0.3) is 5.91 Å². The van der Waals surface area contributed by atoms with Gasteiger partial charge in [-0.25, -0.2) is 13.1 Å². The lowest BCUT2D eigenvalue weighted by Gasteiger charge is -2.32. The van der Waals surface area contributed by atoms with Crippen LogP contribution in [0.15, 0.2) is 30.3 Å². The van der Waals surface area contributed by atoms with Crippen molar-refractivity contribution in [3.63, 3.8) is 0 Å². The van der Waals surface area contributed by atoms with Crippen LogP contribution in [0.3, 0.4) is 0 Å². The summed E-state index contributed by atoms with van der Waals surface area (Å²) in [7, 11) is -3.41. The molecule has 0 radical (unpaired) electrons. The Morgan fingerprint density at radius 1 is 1.26 bits per heavy atom. The van der Waals surface area contributed by atoms with Crippen LogP contribution in [0.5, 0.6) is 0 Å². The average molecular weight is 390 g/mol. The van der Waals surface area contributed by atoms with Crippen LogP contribution in [0.4, 0.5) is 0 Å². The van der Waals surface area contributed by atoms with Crippen molar-refractivity contribution in [3.05, 3.63) is 41.6 Å². The fourth-order valence-electron chi connectivity index (χ4n) is 3.35. The maximum absolute atomic E-state index is 12.1. The van der Waals surface area contributed by atoms with E-state index in [9.17, 15) is 18.0 Å². The number of fused-ring (bicyclic) bond motifs is 1. The van der Waals surface area contributed by atoms with Gasteiger partial charge in [0.1, 0.15) is 0 Å². The van der Waals surface area contributed by atoms with Crippen molar-refractivity contribution >= 4 is 32.7 Å². The summed E-state index contributed by atoms with van der Waals surface area (Å²) < 4.78 is 24.5. The number of carbonyl (C=O) groups is 2. The molecule has 1 fully saturated rings. The first-order chi connectivity index (χ1) is 12.7. The Morgan fingerprint density at radius 2 is 1.93 bits per heavy atom. The Morgan fingerprint density at radius 3 is 2.56 bits per heavy atom. The van der Waals surface area contributed by atoms with E-state index in [-0.39, 0.29) is 18.4 Å². The summed E-state index contributed by atoms with van der Waals surface area (Å²) >= 11 is 0. The lowest BCUT2D eigenvalue weighted by Crippen LogP contribution is -2.43. The number of carbonyl (C=O) groups excluding carboxylic acids is 2. The molecule has 144 valence electrons. The number of hydrogen-bond acceptors (Lipinski definition) is 5. The molecule has 1 aliphatic heterocycles. The lowest BCUT2D eigenvalue weighted by atomic mass is 9.89. The van der Waals surface area contributed by atoms with Crippen LogP contribution in [0.2, 0.25) is 0 Å². The second-order valence-corrected chi connectivity index (χ2v) is 8.56. The van der Waals surface area contributed by atoms with Crippen LogP contribution in [0, 0.1) is 0 Å². The molecule has 0 bridgehead atoms. The minimum Gasteiger partial charge on any atom is -0.366 e. The third-order valence-electron chi connectivity index (χ3n) is 4.74. The Balaban J connectivity index is 1.75. The Kier molecular flexibility index (Phi) is 5.43. The molecule has 1 saturated heterocycles. The molecule has 1 aromatic heterocycles. The van der Waals surface area contributed by atoms with Crippen molar-refractivity contribution in [1.82, 2.24) is 14.6 Å². The van der Waals surface area contributed by atoms with Crippen LogP contribution < -0.4 is 10.5 Å². The van der Waals surface area contributed by atoms with Gasteiger partial charge in [-0.05, 0) is 25.0 Å². The first-order valence-electron chi connectivity index (χ1n) is 8.66. The first-order valence-corrected chi connectivity index (χ1v) is 10.6. The van der Waals surface area contributed by atoms with E-state index in [0.29, 0.717) is 37.2 Å². The molecule has 8 nitrogen and oxygen atoms in total. The van der Waals surface area contributed by atoms with Crippen molar-refractivity contribution < 1.29 is 18.0 Å². The maximum atomic E-state index is 12.1. The highest BCUT2D eigenvalue weighted by atomic mass is 32.2. The molecular formula is C18H22N4O4S. The van der Waals surface area contributed by atoms with Gasteiger partial charge in [-0.2, -0.15) is 0 Å². The number of primary amides is 1. The number of nitrogens with two attached hydrogens (primary N) is 1. The van der Waals surface area contributed by atoms with Crippen LogP contribution in [-0.2, 0) is 14.8 Å². The molecule has 1 aliphatic rings. The Labute approximate surface area is 157 Å². The number of amides is 2. The van der Waals surface area contributed by atoms with Gasteiger partial charge >= 0.3 is 0 Å². The number of hydrogen-bond donors (Lipinski definition) is 2. The largest absolute Gasteiger partial charge is 0.366 e. The minimum absolute atomic E-state index is 0.0176. The summed E-state index contributed by atoms with van der Waals surface area (Å²) in [4.78, 5) is 30.3. The number of likely N-dealkylation sites (tertiary alicyclic amines) is 1. The van der Waals surface area contributed by atoms with E-state index in [1.165, 1.54) is 0 Å². The molecule has 3 rings (SSSR count). The summed E-state index contributed by atoms with van der Waals surface area (Å²) in [6, 6.07) is 9.31. The van der Waals surface area contributed by atoms with Gasteiger partial charge < -0.3 is 10.6 Å². The zero-order valence-electron chi connectivity index (χ0n) is 15.0. The summed E-state index contributed by atoms with van der Waals surface area (Å²) in [6.45, 7) is 0.702. The zero-order valence-corrected chi connectivity index (χ0v) is 15.8. The lowest BCUT2D eigenvalue weighted by molar-refractivity contribution is -0.131. The van der Waals surface area contributed by atoms with Crippen LogP contribution in [0.1, 0.15) is 34.8 Å². The number of nitrogens with one attached hydrogen (secondary N) is 1. The smallest absolute Gasteiger partial charge is 0.250 e. The highest BCUT2D eigenvalue weighted by molar-refractivity contribution is 7.88. The third kappa shape index (κ3) is 4.61. The highest BCUT2D eigenvalue weighted by Crippen LogP contribution is 2.31. The molecule has 0 spiro atoms. The molecule has 1 aromatic carbocycles. The fourth-order valence-corrected chi connectivity index (χ4v) is 3.73. The van der Waals surface area contributed by atoms with Gasteiger partial charge in [-0.1, -0.05) is 18.2 Å². The standard InChI is InChI=1S/C18H22N4O4S/c1-27(25,26)20-11-16(23)22-8-6-12(7-9-22)17-14(18(19)24)10-13-4-2-3-5-15(13)21-17/h2-5,10,12,20H,6-9,11H2,1H3,(H2,19,24). The van der Waals surface area contributed by atoms with Crippen LogP contribution >= 0.6 is 0 Å². The highest BCUT2D eigenvalue weighted by Gasteiger charge is 2.27. The first kappa shape index (κ1) is 19.2. The molecule has 2 heterocycles. The number of benzene rings is 1. The molecule has 2 aromatic rings. The summed E-state index contributed by atoms with van der Waals surface area (Å²) in [6.07, 6.45) is 2.29. The summed E-state index contributed by atoms with van der Waals surface area (Å²) in [5.41, 5.74) is 7.44. The van der Waals surface area contributed by atoms with Crippen molar-refractivity contribution in [3.8, 4) is 0 Å². The monoisotopic (exact) mass is 390 g/mol. The van der Waals surface area contributed by atoms with Gasteiger partial charge in [0.15, 0.2) is 0 Å². The van der Waals surface area contributed by atoms with Gasteiger partial charge in [0.2, 0.25) is 15.9 Å². The van der Waals surface area contributed by atoms with Crippen molar-refractivity contribution in [2.24, 2.45) is 5.73 Å². The predicted molar refractivity (Wildman–Crippen MR) is 102 cm³/mol. The fraction of sp³-hybridized carbons (Fsp3) is 0.389. The molecule has 0 aliphatic carbocycles. The molecule has 2 amide bonds. The van der Waals surface area contributed by atoms with Gasteiger partial charge in [-0.3, -0.25) is 14.6 Å². The van der Waals surface area contributed by atoms with E-state index in [1.54, 1.807) is 11.0 Å². The molecular weight excluding hydrogens is 368 g/mol. The molecule has 0 saturated carbocycles. The Hall–Kier alpha value is -2.52. The molecule has 9 heteroatoms. The second-order valence-electron chi connectivity index (χ2n) is 6.73. The van der Waals surface area contributed by atoms with Gasteiger partial charge in [0, 0.05) is 24.4 Å². The normalized spacial score (nSPS) is 15.8. The number of aromatic nitrogens is 1. The van der Waals surface area contributed by atoms with Gasteiger partial charge in [-0.15, -0.1) is 0 Å². The molecule has 27 heavy (non-hydrogen) atoms. The summed E-state index contributed by atoms with van der Waals surface area (Å²) in [5.74, 6) is -0.761. The van der Waals surface area contributed by atoms with Crippen molar-refractivity contribution in [2.45, 2.75) is 18.8 Å². The van der Waals surface area contributed by atoms with Crippen LogP contribution in [0.25, 0.3) is 10.9 Å². The topological polar surface area (TPSA) is 122 Å². The molecule has 0 atom stereocenters. The second kappa shape index (κ2) is 7.61. The van der Waals surface area contributed by atoms with Gasteiger partial charge in [0.05, 0.1) is 29.6 Å². The van der Waals surface area contributed by atoms with E-state index in [2.05, 4.69) is 9.71 Å². The predicted octanol–water partition coefficient (Wildman–Crippen LogP) is 0.589. The number of para-hydroxylation sites is 1. The van der Waals surface area contributed by atoms with Crippen molar-refractivity contribution in [2.75, 3.05) is 25.9 Å². The van der Waals surface area contributed by atoms with E-state index < -0.39 is 15.9 Å². The number of rotatable bonds is 5. The SMILES string of the molecule is CS(=O)(=O)NCC(=O)N1CCC(c2nc3ccccc3cc2C(N)=O)CC1. The molecule has 0 unspecified atom stereocenters. The molecule has 3 N–H and O–H groups in total. The van der Waals surface area contributed by atoms with E-state index in [4.69, 9.17) is 5.73 Å². The Bertz CT molecular complexity index is 982. The van der Waals surface area contributed by atoms with E-state index >= 15 is 0 Å². The number of pyridine rings is 1.